The topological polar surface area (TPSA) is 153 Å². The normalized spacial score (nSPS) is 13.4. The van der Waals surface area contributed by atoms with E-state index in [1.54, 1.807) is 0 Å². The number of carboxylic acid groups (broad SMARTS) is 2. The number of hydrogen-bond acceptors (Lipinski definition) is 5. The van der Waals surface area contributed by atoms with Gasteiger partial charge >= 0.3 is 11.9 Å². The molecule has 108 valence electrons. The number of carboxylic acids is 2. The summed E-state index contributed by atoms with van der Waals surface area (Å²) in [7, 11) is 0. The van der Waals surface area contributed by atoms with Crippen LogP contribution in [0.3, 0.4) is 0 Å². The zero-order valence-corrected chi connectivity index (χ0v) is 11.0. The number of nitrogens with two attached hydrogens (primary N) is 3. The fourth-order valence-corrected chi connectivity index (χ4v) is 1.07. The first-order valence-electron chi connectivity index (χ1n) is 5.89. The highest BCUT2D eigenvalue weighted by Gasteiger charge is 2.12. The summed E-state index contributed by atoms with van der Waals surface area (Å²) in [6.45, 7) is 4.40. The van der Waals surface area contributed by atoms with Gasteiger partial charge in [0.2, 0.25) is 0 Å². The molecule has 0 heterocycles. The first kappa shape index (κ1) is 19.2. The Bertz CT molecular complexity index is 246. The molecule has 0 fully saturated rings. The molecule has 0 radical (unpaired) electrons. The zero-order valence-electron chi connectivity index (χ0n) is 11.0. The molecule has 0 aliphatic heterocycles. The van der Waals surface area contributed by atoms with Crippen molar-refractivity contribution in [2.24, 2.45) is 23.1 Å². The standard InChI is InChI=1S/C6H13NO2.C5H12N2O2/c1-4(2)3-5(7)6(8)9;6-3-1-2-4(7)5(8)9/h4-5H,3,7H2,1-2H3,(H,8,9);4H,1-3,6-7H2,(H,8,9)/t5-;4-/m11/s1. The predicted molar refractivity (Wildman–Crippen MR) is 69.0 cm³/mol. The minimum atomic E-state index is -0.955. The number of rotatable bonds is 7. The molecule has 7 heteroatoms. The van der Waals surface area contributed by atoms with E-state index in [9.17, 15) is 9.59 Å². The summed E-state index contributed by atoms with van der Waals surface area (Å²) in [5, 5.41) is 16.5. The molecule has 0 rings (SSSR count). The van der Waals surface area contributed by atoms with Crippen molar-refractivity contribution in [2.45, 2.75) is 45.2 Å². The summed E-state index contributed by atoms with van der Waals surface area (Å²) in [4.78, 5) is 20.1. The summed E-state index contributed by atoms with van der Waals surface area (Å²) >= 11 is 0. The van der Waals surface area contributed by atoms with Gasteiger partial charge in [-0.1, -0.05) is 13.8 Å². The van der Waals surface area contributed by atoms with Gasteiger partial charge in [-0.25, -0.2) is 0 Å². The molecule has 0 aromatic heterocycles. The van der Waals surface area contributed by atoms with Crippen LogP contribution in [0.5, 0.6) is 0 Å². The second-order valence-corrected chi connectivity index (χ2v) is 4.45. The van der Waals surface area contributed by atoms with Crippen molar-refractivity contribution in [3.63, 3.8) is 0 Å². The van der Waals surface area contributed by atoms with Crippen LogP contribution >= 0.6 is 0 Å². The van der Waals surface area contributed by atoms with Gasteiger partial charge in [-0.05, 0) is 31.7 Å². The van der Waals surface area contributed by atoms with E-state index in [0.29, 0.717) is 31.7 Å². The molecule has 0 saturated carbocycles. The molecular formula is C11H25N3O4. The molecule has 0 bridgehead atoms. The van der Waals surface area contributed by atoms with Crippen LogP contribution in [0.15, 0.2) is 0 Å². The molecule has 18 heavy (non-hydrogen) atoms. The lowest BCUT2D eigenvalue weighted by molar-refractivity contribution is -0.139. The van der Waals surface area contributed by atoms with Gasteiger partial charge in [-0.3, -0.25) is 9.59 Å². The van der Waals surface area contributed by atoms with E-state index < -0.39 is 24.0 Å². The van der Waals surface area contributed by atoms with E-state index in [1.165, 1.54) is 0 Å². The average molecular weight is 263 g/mol. The Morgan fingerprint density at radius 2 is 1.50 bits per heavy atom. The molecule has 8 N–H and O–H groups in total. The Kier molecular flexibility index (Phi) is 11.7. The van der Waals surface area contributed by atoms with Gasteiger partial charge in [0, 0.05) is 0 Å². The second kappa shape index (κ2) is 10.9. The highest BCUT2D eigenvalue weighted by atomic mass is 16.4. The quantitative estimate of drug-likeness (QED) is 0.418. The zero-order chi connectivity index (χ0) is 14.7. The van der Waals surface area contributed by atoms with Crippen molar-refractivity contribution in [3.8, 4) is 0 Å². The van der Waals surface area contributed by atoms with Crippen LogP contribution in [0.25, 0.3) is 0 Å². The third kappa shape index (κ3) is 12.9. The SMILES string of the molecule is CC(C)C[C@@H](N)C(=O)O.NCCC[C@@H](N)C(=O)O. The van der Waals surface area contributed by atoms with Crippen LogP contribution in [0.1, 0.15) is 33.1 Å². The molecule has 0 unspecified atom stereocenters. The van der Waals surface area contributed by atoms with Crippen molar-refractivity contribution < 1.29 is 19.8 Å². The molecule has 0 spiro atoms. The summed E-state index contributed by atoms with van der Waals surface area (Å²) < 4.78 is 0. The van der Waals surface area contributed by atoms with Crippen molar-refractivity contribution in [2.75, 3.05) is 6.54 Å². The number of carbonyl (C=O) groups is 2. The largest absolute Gasteiger partial charge is 0.480 e. The molecule has 0 saturated heterocycles. The Labute approximate surface area is 107 Å². The van der Waals surface area contributed by atoms with Crippen molar-refractivity contribution >= 4 is 11.9 Å². The van der Waals surface area contributed by atoms with Crippen LogP contribution in [0.4, 0.5) is 0 Å². The fourth-order valence-electron chi connectivity index (χ4n) is 1.07. The van der Waals surface area contributed by atoms with Crippen molar-refractivity contribution in [1.29, 1.82) is 0 Å². The highest BCUT2D eigenvalue weighted by Crippen LogP contribution is 2.01. The van der Waals surface area contributed by atoms with Crippen LogP contribution in [0.2, 0.25) is 0 Å². The predicted octanol–water partition coefficient (Wildman–Crippen LogP) is -0.418. The van der Waals surface area contributed by atoms with Crippen molar-refractivity contribution in [1.82, 2.24) is 0 Å². The second-order valence-electron chi connectivity index (χ2n) is 4.45. The van der Waals surface area contributed by atoms with Gasteiger partial charge in [0.15, 0.2) is 0 Å². The smallest absolute Gasteiger partial charge is 0.320 e. The summed E-state index contributed by atoms with van der Waals surface area (Å²) in [6, 6.07) is -1.43. The fraction of sp³-hybridized carbons (Fsp3) is 0.818. The summed E-state index contributed by atoms with van der Waals surface area (Å²) in [5.41, 5.74) is 15.5. The van der Waals surface area contributed by atoms with Gasteiger partial charge < -0.3 is 27.4 Å². The average Bonchev–Trinajstić information content (AvgIpc) is 2.25. The number of hydrogen-bond donors (Lipinski definition) is 5. The van der Waals surface area contributed by atoms with E-state index in [-0.39, 0.29) is 0 Å². The molecule has 0 aromatic carbocycles. The minimum Gasteiger partial charge on any atom is -0.480 e. The number of aliphatic carboxylic acids is 2. The highest BCUT2D eigenvalue weighted by molar-refractivity contribution is 5.73. The third-order valence-corrected chi connectivity index (χ3v) is 2.08. The van der Waals surface area contributed by atoms with E-state index in [0.717, 1.165) is 0 Å². The molecule has 7 nitrogen and oxygen atoms in total. The molecule has 0 aromatic rings. The monoisotopic (exact) mass is 263 g/mol. The molecule has 0 aliphatic carbocycles. The van der Waals surface area contributed by atoms with Gasteiger partial charge in [0.05, 0.1) is 0 Å². The summed E-state index contributed by atoms with van der Waals surface area (Å²) in [5.74, 6) is -1.51. The Morgan fingerprint density at radius 3 is 1.72 bits per heavy atom. The maximum atomic E-state index is 10.1. The molecule has 2 atom stereocenters. The molecular weight excluding hydrogens is 238 g/mol. The van der Waals surface area contributed by atoms with E-state index in [2.05, 4.69) is 0 Å². The molecule has 0 aliphatic rings. The summed E-state index contributed by atoms with van der Waals surface area (Å²) in [6.07, 6.45) is 1.69. The van der Waals surface area contributed by atoms with Crippen LogP contribution in [-0.4, -0.2) is 40.8 Å². The van der Waals surface area contributed by atoms with Crippen LogP contribution in [-0.2, 0) is 9.59 Å². The van der Waals surface area contributed by atoms with Crippen molar-refractivity contribution in [3.05, 3.63) is 0 Å². The van der Waals surface area contributed by atoms with Crippen LogP contribution in [0, 0.1) is 5.92 Å². The lowest BCUT2D eigenvalue weighted by atomic mass is 10.1. The molecule has 0 amide bonds. The van der Waals surface area contributed by atoms with Gasteiger partial charge in [0.1, 0.15) is 12.1 Å². The Morgan fingerprint density at radius 1 is 1.06 bits per heavy atom. The van der Waals surface area contributed by atoms with Gasteiger partial charge in [-0.15, -0.1) is 0 Å². The van der Waals surface area contributed by atoms with Gasteiger partial charge in [0.25, 0.3) is 0 Å². The third-order valence-electron chi connectivity index (χ3n) is 2.08. The van der Waals surface area contributed by atoms with E-state index in [4.69, 9.17) is 27.4 Å². The maximum absolute atomic E-state index is 10.1. The first-order chi connectivity index (χ1) is 8.22. The first-order valence-corrected chi connectivity index (χ1v) is 5.89. The Balaban J connectivity index is 0. The maximum Gasteiger partial charge on any atom is 0.320 e. The minimum absolute atomic E-state index is 0.357. The lowest BCUT2D eigenvalue weighted by Gasteiger charge is -2.07. The van der Waals surface area contributed by atoms with Gasteiger partial charge in [-0.2, -0.15) is 0 Å². The lowest BCUT2D eigenvalue weighted by Crippen LogP contribution is -2.31. The van der Waals surface area contributed by atoms with Crippen LogP contribution < -0.4 is 17.2 Å². The Hall–Kier alpha value is -1.18. The van der Waals surface area contributed by atoms with E-state index >= 15 is 0 Å². The van der Waals surface area contributed by atoms with E-state index in [1.807, 2.05) is 13.8 Å².